The maximum absolute atomic E-state index is 12.3. The molecule has 0 aromatic heterocycles. The van der Waals surface area contributed by atoms with E-state index < -0.39 is 17.8 Å². The van der Waals surface area contributed by atoms with Gasteiger partial charge in [-0.25, -0.2) is 4.79 Å². The number of hydrogen-bond acceptors (Lipinski definition) is 4. The van der Waals surface area contributed by atoms with E-state index in [0.717, 1.165) is 0 Å². The summed E-state index contributed by atoms with van der Waals surface area (Å²) >= 11 is 3.36. The number of amides is 1. The number of para-hydroxylation sites is 1. The topological polar surface area (TPSA) is 62.6 Å². The van der Waals surface area contributed by atoms with E-state index in [9.17, 15) is 4.79 Å². The molecule has 0 saturated carbocycles. The van der Waals surface area contributed by atoms with Crippen molar-refractivity contribution >= 4 is 27.7 Å². The summed E-state index contributed by atoms with van der Waals surface area (Å²) in [7, 11) is 0. The number of hydrogen-bond donors (Lipinski definition) is 0. The average molecular weight is 339 g/mol. The van der Waals surface area contributed by atoms with Crippen molar-refractivity contribution in [3.8, 4) is 11.8 Å². The Balaban J connectivity index is 2.37. The molecule has 0 spiro atoms. The molecule has 1 unspecified atom stereocenters. The first-order valence-corrected chi connectivity index (χ1v) is 6.96. The molecule has 1 amide bonds. The third-order valence-electron chi connectivity index (χ3n) is 2.60. The van der Waals surface area contributed by atoms with Crippen LogP contribution in [-0.2, 0) is 4.74 Å². The molecule has 0 radical (unpaired) electrons. The molecular weight excluding hydrogens is 324 g/mol. The predicted molar refractivity (Wildman–Crippen MR) is 77.8 cm³/mol. The second kappa shape index (κ2) is 5.33. The van der Waals surface area contributed by atoms with Crippen LogP contribution in [-0.4, -0.2) is 24.3 Å². The van der Waals surface area contributed by atoms with Crippen molar-refractivity contribution in [2.75, 3.05) is 11.4 Å². The van der Waals surface area contributed by atoms with Gasteiger partial charge in [-0.1, -0.05) is 6.07 Å². The Morgan fingerprint density at radius 2 is 2.25 bits per heavy atom. The van der Waals surface area contributed by atoms with E-state index in [2.05, 4.69) is 15.9 Å². The highest BCUT2D eigenvalue weighted by Crippen LogP contribution is 2.39. The molecule has 106 valence electrons. The molecule has 1 atom stereocenters. The zero-order valence-electron chi connectivity index (χ0n) is 11.5. The van der Waals surface area contributed by atoms with Gasteiger partial charge in [0.15, 0.2) is 5.75 Å². The van der Waals surface area contributed by atoms with E-state index in [1.54, 1.807) is 39.0 Å². The van der Waals surface area contributed by atoms with E-state index in [4.69, 9.17) is 14.7 Å². The van der Waals surface area contributed by atoms with E-state index >= 15 is 0 Å². The molecule has 20 heavy (non-hydrogen) atoms. The molecular formula is C14H15BrN2O3. The zero-order valence-corrected chi connectivity index (χ0v) is 13.1. The van der Waals surface area contributed by atoms with Crippen LogP contribution in [0.2, 0.25) is 0 Å². The van der Waals surface area contributed by atoms with Gasteiger partial charge in [0, 0.05) is 0 Å². The van der Waals surface area contributed by atoms with E-state index in [-0.39, 0.29) is 6.54 Å². The second-order valence-electron chi connectivity index (χ2n) is 5.41. The first kappa shape index (κ1) is 14.7. The highest BCUT2D eigenvalue weighted by molar-refractivity contribution is 9.10. The van der Waals surface area contributed by atoms with Gasteiger partial charge in [-0.15, -0.1) is 0 Å². The van der Waals surface area contributed by atoms with Crippen LogP contribution >= 0.6 is 15.9 Å². The van der Waals surface area contributed by atoms with Gasteiger partial charge < -0.3 is 9.47 Å². The van der Waals surface area contributed by atoms with Gasteiger partial charge >= 0.3 is 6.09 Å². The smallest absolute Gasteiger partial charge is 0.415 e. The standard InChI is InChI=1S/C14H15BrN2O3/c1-14(2,3)20-13(18)17-8-9(7-16)19-12-10(15)5-4-6-11(12)17/h4-6,9H,8H2,1-3H3. The first-order chi connectivity index (χ1) is 9.31. The Bertz CT molecular complexity index is 575. The lowest BCUT2D eigenvalue weighted by atomic mass is 10.2. The number of carbonyl (C=O) groups excluding carboxylic acids is 1. The highest BCUT2D eigenvalue weighted by atomic mass is 79.9. The Kier molecular flexibility index (Phi) is 3.91. The van der Waals surface area contributed by atoms with Crippen molar-refractivity contribution in [1.29, 1.82) is 5.26 Å². The SMILES string of the molecule is CC(C)(C)OC(=O)N1CC(C#N)Oc2c(Br)cccc21. The summed E-state index contributed by atoms with van der Waals surface area (Å²) in [6, 6.07) is 7.39. The van der Waals surface area contributed by atoms with Crippen LogP contribution < -0.4 is 9.64 Å². The first-order valence-electron chi connectivity index (χ1n) is 6.17. The molecule has 1 aliphatic heterocycles. The van der Waals surface area contributed by atoms with Crippen molar-refractivity contribution in [1.82, 2.24) is 0 Å². The number of benzene rings is 1. The van der Waals surface area contributed by atoms with Crippen molar-refractivity contribution < 1.29 is 14.3 Å². The number of fused-ring (bicyclic) bond motifs is 1. The number of nitriles is 1. The Morgan fingerprint density at radius 3 is 2.85 bits per heavy atom. The molecule has 1 aromatic rings. The van der Waals surface area contributed by atoms with E-state index in [1.165, 1.54) is 4.90 Å². The number of rotatable bonds is 0. The number of nitrogens with zero attached hydrogens (tertiary/aromatic N) is 2. The van der Waals surface area contributed by atoms with Crippen LogP contribution in [0.4, 0.5) is 10.5 Å². The lowest BCUT2D eigenvalue weighted by molar-refractivity contribution is 0.0559. The lowest BCUT2D eigenvalue weighted by Gasteiger charge is -2.33. The van der Waals surface area contributed by atoms with Gasteiger partial charge in [0.1, 0.15) is 11.7 Å². The van der Waals surface area contributed by atoms with Gasteiger partial charge in [-0.2, -0.15) is 5.26 Å². The zero-order chi connectivity index (χ0) is 14.9. The maximum Gasteiger partial charge on any atom is 0.415 e. The average Bonchev–Trinajstić information content (AvgIpc) is 2.36. The molecule has 1 heterocycles. The summed E-state index contributed by atoms with van der Waals surface area (Å²) in [5, 5.41) is 9.07. The molecule has 0 saturated heterocycles. The largest absolute Gasteiger partial charge is 0.470 e. The predicted octanol–water partition coefficient (Wildman–Crippen LogP) is 3.48. The van der Waals surface area contributed by atoms with Crippen LogP contribution in [0.5, 0.6) is 5.75 Å². The fraction of sp³-hybridized carbons (Fsp3) is 0.429. The Morgan fingerprint density at radius 1 is 1.55 bits per heavy atom. The quantitative estimate of drug-likeness (QED) is 0.726. The van der Waals surface area contributed by atoms with Crippen molar-refractivity contribution in [3.05, 3.63) is 22.7 Å². The normalized spacial score (nSPS) is 17.8. The van der Waals surface area contributed by atoms with Crippen LogP contribution in [0.1, 0.15) is 20.8 Å². The fourth-order valence-corrected chi connectivity index (χ4v) is 2.28. The number of anilines is 1. The molecule has 5 nitrogen and oxygen atoms in total. The van der Waals surface area contributed by atoms with Crippen LogP contribution in [0.3, 0.4) is 0 Å². The Hall–Kier alpha value is -1.74. The van der Waals surface area contributed by atoms with Gasteiger partial charge in [-0.05, 0) is 48.8 Å². The third-order valence-corrected chi connectivity index (χ3v) is 3.23. The molecule has 6 heteroatoms. The third kappa shape index (κ3) is 3.05. The highest BCUT2D eigenvalue weighted by Gasteiger charge is 2.33. The van der Waals surface area contributed by atoms with Crippen LogP contribution in [0.25, 0.3) is 0 Å². The minimum absolute atomic E-state index is 0.148. The lowest BCUT2D eigenvalue weighted by Crippen LogP contribution is -2.45. The minimum Gasteiger partial charge on any atom is -0.470 e. The summed E-state index contributed by atoms with van der Waals surface area (Å²) in [6.45, 7) is 5.55. The monoisotopic (exact) mass is 338 g/mol. The molecule has 1 aliphatic rings. The summed E-state index contributed by atoms with van der Waals surface area (Å²) in [5.41, 5.74) is 0.00379. The van der Waals surface area contributed by atoms with E-state index in [0.29, 0.717) is 15.9 Å². The van der Waals surface area contributed by atoms with Crippen LogP contribution in [0, 0.1) is 11.3 Å². The molecule has 2 rings (SSSR count). The van der Waals surface area contributed by atoms with Crippen molar-refractivity contribution in [3.63, 3.8) is 0 Å². The Labute approximate surface area is 126 Å². The number of carbonyl (C=O) groups is 1. The van der Waals surface area contributed by atoms with Crippen LogP contribution in [0.15, 0.2) is 22.7 Å². The molecule has 0 fully saturated rings. The second-order valence-corrected chi connectivity index (χ2v) is 6.27. The summed E-state index contributed by atoms with van der Waals surface area (Å²) < 4.78 is 11.6. The van der Waals surface area contributed by atoms with Gasteiger partial charge in [0.05, 0.1) is 16.7 Å². The molecule has 0 aliphatic carbocycles. The summed E-state index contributed by atoms with van der Waals surface area (Å²) in [5.74, 6) is 0.483. The van der Waals surface area contributed by atoms with Gasteiger partial charge in [0.25, 0.3) is 0 Å². The van der Waals surface area contributed by atoms with Gasteiger partial charge in [-0.3, -0.25) is 4.90 Å². The fourth-order valence-electron chi connectivity index (χ4n) is 1.83. The number of halogens is 1. The molecule has 1 aromatic carbocycles. The van der Waals surface area contributed by atoms with E-state index in [1.807, 2.05) is 6.07 Å². The molecule has 0 N–H and O–H groups in total. The van der Waals surface area contributed by atoms with Crippen molar-refractivity contribution in [2.24, 2.45) is 0 Å². The maximum atomic E-state index is 12.3. The summed E-state index contributed by atoms with van der Waals surface area (Å²) in [4.78, 5) is 13.7. The summed E-state index contributed by atoms with van der Waals surface area (Å²) in [6.07, 6.45) is -1.20. The van der Waals surface area contributed by atoms with Gasteiger partial charge in [0.2, 0.25) is 6.10 Å². The number of ether oxygens (including phenoxy) is 2. The minimum atomic E-state index is -0.714. The van der Waals surface area contributed by atoms with Crippen molar-refractivity contribution in [2.45, 2.75) is 32.5 Å². The molecule has 0 bridgehead atoms.